The Kier molecular flexibility index (Phi) is 2.07. The number of fused-ring (bicyclic) bond motifs is 1. The second kappa shape index (κ2) is 3.19. The Labute approximate surface area is 87.3 Å². The van der Waals surface area contributed by atoms with Gasteiger partial charge in [-0.2, -0.15) is 23.1 Å². The third kappa shape index (κ3) is 1.58. The van der Waals surface area contributed by atoms with E-state index in [0.717, 1.165) is 12.3 Å². The number of nitrogens with two attached hydrogens (primary N) is 2. The van der Waals surface area contributed by atoms with E-state index >= 15 is 0 Å². The molecule has 0 aliphatic carbocycles. The third-order valence-corrected chi connectivity index (χ3v) is 1.95. The second-order valence-electron chi connectivity index (χ2n) is 3.02. The molecular weight excluding hydrogens is 223 g/mol. The number of aromatic nitrogens is 3. The van der Waals surface area contributed by atoms with Crippen molar-refractivity contribution >= 4 is 22.8 Å². The fourth-order valence-corrected chi connectivity index (χ4v) is 1.34. The topological polar surface area (TPSA) is 90.7 Å². The van der Waals surface area contributed by atoms with E-state index < -0.39 is 11.7 Å². The molecular formula is C8H6F3N5. The van der Waals surface area contributed by atoms with Crippen LogP contribution >= 0.6 is 0 Å². The number of rotatable bonds is 0. The molecule has 0 aliphatic rings. The molecule has 8 heteroatoms. The van der Waals surface area contributed by atoms with Gasteiger partial charge < -0.3 is 11.5 Å². The Morgan fingerprint density at radius 1 is 1.12 bits per heavy atom. The smallest absolute Gasteiger partial charge is 0.383 e. The van der Waals surface area contributed by atoms with Crippen LogP contribution in [0.4, 0.5) is 24.9 Å². The lowest BCUT2D eigenvalue weighted by molar-refractivity contribution is -0.136. The van der Waals surface area contributed by atoms with Crippen molar-refractivity contribution < 1.29 is 13.2 Å². The van der Waals surface area contributed by atoms with Crippen LogP contribution in [0.5, 0.6) is 0 Å². The first-order valence-electron chi connectivity index (χ1n) is 4.14. The predicted octanol–water partition coefficient (Wildman–Crippen LogP) is 1.21. The van der Waals surface area contributed by atoms with Crippen molar-refractivity contribution in [2.45, 2.75) is 6.18 Å². The molecule has 0 radical (unpaired) electrons. The Bertz CT molecular complexity index is 551. The predicted molar refractivity (Wildman–Crippen MR) is 51.2 cm³/mol. The summed E-state index contributed by atoms with van der Waals surface area (Å²) < 4.78 is 37.9. The van der Waals surface area contributed by atoms with Crippen LogP contribution in [0.15, 0.2) is 12.3 Å². The first kappa shape index (κ1) is 10.4. The SMILES string of the molecule is Nc1nc(N)c2c(C(F)(F)F)ccnc2n1. The number of hydrogen-bond acceptors (Lipinski definition) is 5. The van der Waals surface area contributed by atoms with Gasteiger partial charge in [-0.3, -0.25) is 0 Å². The highest BCUT2D eigenvalue weighted by Crippen LogP contribution is 2.35. The van der Waals surface area contributed by atoms with Crippen molar-refractivity contribution in [2.24, 2.45) is 0 Å². The summed E-state index contributed by atoms with van der Waals surface area (Å²) in [6.07, 6.45) is -3.54. The number of hydrogen-bond donors (Lipinski definition) is 2. The summed E-state index contributed by atoms with van der Waals surface area (Å²) in [6, 6.07) is 0.818. The van der Waals surface area contributed by atoms with Crippen molar-refractivity contribution in [3.05, 3.63) is 17.8 Å². The van der Waals surface area contributed by atoms with Gasteiger partial charge in [-0.25, -0.2) is 4.98 Å². The van der Waals surface area contributed by atoms with Gasteiger partial charge in [0.2, 0.25) is 5.95 Å². The maximum atomic E-state index is 12.6. The van der Waals surface area contributed by atoms with Crippen LogP contribution in [0.3, 0.4) is 0 Å². The summed E-state index contributed by atoms with van der Waals surface area (Å²) in [5.41, 5.74) is 9.56. The van der Waals surface area contributed by atoms with Crippen LogP contribution < -0.4 is 11.5 Å². The maximum absolute atomic E-state index is 12.6. The Morgan fingerprint density at radius 3 is 2.44 bits per heavy atom. The van der Waals surface area contributed by atoms with Crippen molar-refractivity contribution in [2.75, 3.05) is 11.5 Å². The second-order valence-corrected chi connectivity index (χ2v) is 3.02. The maximum Gasteiger partial charge on any atom is 0.417 e. The molecule has 84 valence electrons. The number of anilines is 2. The first-order chi connectivity index (χ1) is 7.39. The average molecular weight is 229 g/mol. The molecule has 0 aromatic carbocycles. The molecule has 0 unspecified atom stereocenters. The number of halogens is 3. The monoisotopic (exact) mass is 229 g/mol. The molecule has 2 aromatic heterocycles. The molecule has 2 rings (SSSR count). The molecule has 5 nitrogen and oxygen atoms in total. The standard InChI is InChI=1S/C8H6F3N5/c9-8(10,11)3-1-2-14-6-4(3)5(12)15-7(13)16-6/h1-2H,(H4,12,13,14,15,16). The van der Waals surface area contributed by atoms with Crippen LogP contribution in [0.2, 0.25) is 0 Å². The van der Waals surface area contributed by atoms with E-state index in [9.17, 15) is 13.2 Å². The molecule has 0 saturated heterocycles. The van der Waals surface area contributed by atoms with E-state index in [1.807, 2.05) is 0 Å². The lowest BCUT2D eigenvalue weighted by Crippen LogP contribution is -2.10. The van der Waals surface area contributed by atoms with Gasteiger partial charge >= 0.3 is 6.18 Å². The van der Waals surface area contributed by atoms with Gasteiger partial charge in [-0.15, -0.1) is 0 Å². The molecule has 16 heavy (non-hydrogen) atoms. The number of pyridine rings is 1. The van der Waals surface area contributed by atoms with Crippen LogP contribution in [0, 0.1) is 0 Å². The highest BCUT2D eigenvalue weighted by Gasteiger charge is 2.34. The Balaban J connectivity index is 2.87. The minimum Gasteiger partial charge on any atom is -0.383 e. The van der Waals surface area contributed by atoms with Gasteiger partial charge in [0, 0.05) is 6.20 Å². The van der Waals surface area contributed by atoms with Crippen LogP contribution in [0.25, 0.3) is 11.0 Å². The van der Waals surface area contributed by atoms with Gasteiger partial charge in [0.25, 0.3) is 0 Å². The first-order valence-corrected chi connectivity index (χ1v) is 4.14. The minimum atomic E-state index is -4.53. The summed E-state index contributed by atoms with van der Waals surface area (Å²) in [7, 11) is 0. The highest BCUT2D eigenvalue weighted by molar-refractivity contribution is 5.89. The van der Waals surface area contributed by atoms with Crippen LogP contribution in [0.1, 0.15) is 5.56 Å². The fourth-order valence-electron chi connectivity index (χ4n) is 1.34. The average Bonchev–Trinajstić information content (AvgIpc) is 2.14. The number of nitrogens with zero attached hydrogens (tertiary/aromatic N) is 3. The van der Waals surface area contributed by atoms with E-state index in [1.54, 1.807) is 0 Å². The van der Waals surface area contributed by atoms with E-state index in [2.05, 4.69) is 15.0 Å². The van der Waals surface area contributed by atoms with Crippen molar-refractivity contribution in [3.8, 4) is 0 Å². The summed E-state index contributed by atoms with van der Waals surface area (Å²) in [6.45, 7) is 0. The van der Waals surface area contributed by atoms with Crippen LogP contribution in [-0.4, -0.2) is 15.0 Å². The van der Waals surface area contributed by atoms with E-state index in [1.165, 1.54) is 0 Å². The lowest BCUT2D eigenvalue weighted by Gasteiger charge is -2.10. The van der Waals surface area contributed by atoms with Gasteiger partial charge in [-0.05, 0) is 6.07 Å². The van der Waals surface area contributed by atoms with E-state index in [4.69, 9.17) is 11.5 Å². The van der Waals surface area contributed by atoms with E-state index in [0.29, 0.717) is 0 Å². The fraction of sp³-hybridized carbons (Fsp3) is 0.125. The minimum absolute atomic E-state index is 0.167. The molecule has 2 heterocycles. The van der Waals surface area contributed by atoms with Gasteiger partial charge in [0.15, 0.2) is 5.65 Å². The third-order valence-electron chi connectivity index (χ3n) is 1.95. The summed E-state index contributed by atoms with van der Waals surface area (Å²) in [5.74, 6) is -0.542. The molecule has 0 bridgehead atoms. The quantitative estimate of drug-likeness (QED) is 0.708. The number of alkyl halides is 3. The molecule has 4 N–H and O–H groups in total. The largest absolute Gasteiger partial charge is 0.417 e. The normalized spacial score (nSPS) is 11.9. The Morgan fingerprint density at radius 2 is 1.81 bits per heavy atom. The highest BCUT2D eigenvalue weighted by atomic mass is 19.4. The molecule has 0 saturated carbocycles. The summed E-state index contributed by atoms with van der Waals surface area (Å²) >= 11 is 0. The summed E-state index contributed by atoms with van der Waals surface area (Å²) in [5, 5.41) is -0.329. The summed E-state index contributed by atoms with van der Waals surface area (Å²) in [4.78, 5) is 10.7. The zero-order valence-electron chi connectivity index (χ0n) is 7.78. The molecule has 2 aromatic rings. The molecule has 0 amide bonds. The zero-order chi connectivity index (χ0) is 11.9. The molecule has 0 fully saturated rings. The van der Waals surface area contributed by atoms with Gasteiger partial charge in [0.05, 0.1) is 10.9 Å². The van der Waals surface area contributed by atoms with Crippen molar-refractivity contribution in [1.29, 1.82) is 0 Å². The van der Waals surface area contributed by atoms with Crippen LogP contribution in [-0.2, 0) is 6.18 Å². The van der Waals surface area contributed by atoms with Crippen molar-refractivity contribution in [1.82, 2.24) is 15.0 Å². The lowest BCUT2D eigenvalue weighted by atomic mass is 10.1. The van der Waals surface area contributed by atoms with Gasteiger partial charge in [0.1, 0.15) is 5.82 Å². The zero-order valence-corrected chi connectivity index (χ0v) is 7.78. The molecule has 0 spiro atoms. The van der Waals surface area contributed by atoms with Crippen molar-refractivity contribution in [3.63, 3.8) is 0 Å². The number of nitrogen functional groups attached to an aromatic ring is 2. The molecule has 0 aliphatic heterocycles. The Hall–Kier alpha value is -2.12. The van der Waals surface area contributed by atoms with E-state index in [-0.39, 0.29) is 22.8 Å². The van der Waals surface area contributed by atoms with Gasteiger partial charge in [-0.1, -0.05) is 0 Å². The molecule has 0 atom stereocenters.